The van der Waals surface area contributed by atoms with Gasteiger partial charge in [-0.05, 0) is 51.0 Å². The SMILES string of the molecule is CC(C)(Oc1ccc(F)cc1)C(=O)N1CC(NC2CCOCC2)C1. The van der Waals surface area contributed by atoms with Gasteiger partial charge in [-0.15, -0.1) is 0 Å². The summed E-state index contributed by atoms with van der Waals surface area (Å²) < 4.78 is 24.1. The summed E-state index contributed by atoms with van der Waals surface area (Å²) >= 11 is 0. The Morgan fingerprint density at radius 2 is 1.83 bits per heavy atom. The average Bonchev–Trinajstić information content (AvgIpc) is 2.53. The molecule has 24 heavy (non-hydrogen) atoms. The van der Waals surface area contributed by atoms with Gasteiger partial charge in [0, 0.05) is 38.4 Å². The van der Waals surface area contributed by atoms with E-state index in [4.69, 9.17) is 9.47 Å². The van der Waals surface area contributed by atoms with E-state index in [0.717, 1.165) is 26.1 Å². The molecule has 1 aromatic rings. The molecule has 2 fully saturated rings. The third kappa shape index (κ3) is 4.05. The van der Waals surface area contributed by atoms with Crippen molar-refractivity contribution in [2.75, 3.05) is 26.3 Å². The second-order valence-electron chi connectivity index (χ2n) is 7.03. The van der Waals surface area contributed by atoms with E-state index in [1.54, 1.807) is 18.7 Å². The van der Waals surface area contributed by atoms with Gasteiger partial charge < -0.3 is 19.7 Å². The minimum Gasteiger partial charge on any atom is -0.478 e. The summed E-state index contributed by atoms with van der Waals surface area (Å²) in [6, 6.07) is 6.57. The van der Waals surface area contributed by atoms with Crippen LogP contribution in [0.25, 0.3) is 0 Å². The van der Waals surface area contributed by atoms with Gasteiger partial charge in [0.25, 0.3) is 5.91 Å². The summed E-state index contributed by atoms with van der Waals surface area (Å²) in [5.74, 6) is 0.125. The molecule has 0 spiro atoms. The average molecular weight is 336 g/mol. The van der Waals surface area contributed by atoms with Crippen LogP contribution in [0, 0.1) is 5.82 Å². The van der Waals surface area contributed by atoms with Crippen molar-refractivity contribution in [2.45, 2.75) is 44.4 Å². The van der Waals surface area contributed by atoms with E-state index in [2.05, 4.69) is 5.32 Å². The van der Waals surface area contributed by atoms with Gasteiger partial charge in [-0.3, -0.25) is 4.79 Å². The van der Waals surface area contributed by atoms with E-state index < -0.39 is 5.60 Å². The topological polar surface area (TPSA) is 50.8 Å². The molecule has 3 rings (SSSR count). The number of hydrogen-bond acceptors (Lipinski definition) is 4. The fourth-order valence-electron chi connectivity index (χ4n) is 3.17. The zero-order valence-corrected chi connectivity index (χ0v) is 14.3. The van der Waals surface area contributed by atoms with Crippen LogP contribution < -0.4 is 10.1 Å². The summed E-state index contributed by atoms with van der Waals surface area (Å²) in [4.78, 5) is 14.4. The normalized spacial score (nSPS) is 19.9. The van der Waals surface area contributed by atoms with E-state index in [0.29, 0.717) is 30.9 Å². The van der Waals surface area contributed by atoms with E-state index >= 15 is 0 Å². The van der Waals surface area contributed by atoms with Crippen LogP contribution in [0.15, 0.2) is 24.3 Å². The van der Waals surface area contributed by atoms with Crippen molar-refractivity contribution in [3.05, 3.63) is 30.1 Å². The van der Waals surface area contributed by atoms with Gasteiger partial charge in [-0.2, -0.15) is 0 Å². The molecular formula is C18H25FN2O3. The Morgan fingerprint density at radius 3 is 2.46 bits per heavy atom. The highest BCUT2D eigenvalue weighted by molar-refractivity contribution is 5.85. The Labute approximate surface area is 142 Å². The first-order chi connectivity index (χ1) is 11.4. The molecule has 0 saturated carbocycles. The van der Waals surface area contributed by atoms with Crippen LogP contribution in [0.3, 0.4) is 0 Å². The number of amides is 1. The zero-order chi connectivity index (χ0) is 17.2. The molecule has 1 N–H and O–H groups in total. The van der Waals surface area contributed by atoms with Crippen LogP contribution in [0.5, 0.6) is 5.75 Å². The molecule has 2 aliphatic rings. The number of nitrogens with one attached hydrogen (secondary N) is 1. The molecule has 1 amide bonds. The monoisotopic (exact) mass is 336 g/mol. The number of ether oxygens (including phenoxy) is 2. The number of likely N-dealkylation sites (tertiary alicyclic amines) is 1. The lowest BCUT2D eigenvalue weighted by Gasteiger charge is -2.44. The standard InChI is InChI=1S/C18H25FN2O3/c1-18(2,24-16-5-3-13(19)4-6-16)17(22)21-11-15(12-21)20-14-7-9-23-10-8-14/h3-6,14-15,20H,7-12H2,1-2H3. The maximum atomic E-state index is 13.0. The van der Waals surface area contributed by atoms with Crippen molar-refractivity contribution in [1.82, 2.24) is 10.2 Å². The smallest absolute Gasteiger partial charge is 0.266 e. The second-order valence-corrected chi connectivity index (χ2v) is 7.03. The number of carbonyl (C=O) groups is 1. The van der Waals surface area contributed by atoms with Crippen molar-refractivity contribution in [1.29, 1.82) is 0 Å². The Hall–Kier alpha value is -1.66. The lowest BCUT2D eigenvalue weighted by atomic mass is 10.00. The van der Waals surface area contributed by atoms with Gasteiger partial charge in [0.2, 0.25) is 0 Å². The number of carbonyl (C=O) groups excluding carboxylic acids is 1. The van der Waals surface area contributed by atoms with Crippen molar-refractivity contribution < 1.29 is 18.7 Å². The largest absolute Gasteiger partial charge is 0.478 e. The van der Waals surface area contributed by atoms with Crippen LogP contribution in [0.4, 0.5) is 4.39 Å². The van der Waals surface area contributed by atoms with Gasteiger partial charge in [-0.1, -0.05) is 0 Å². The first-order valence-electron chi connectivity index (χ1n) is 8.52. The first-order valence-corrected chi connectivity index (χ1v) is 8.52. The molecule has 0 aromatic heterocycles. The van der Waals surface area contributed by atoms with E-state index in [-0.39, 0.29) is 11.7 Å². The Bertz CT molecular complexity index is 564. The highest BCUT2D eigenvalue weighted by Crippen LogP contribution is 2.23. The number of halogens is 1. The lowest BCUT2D eigenvalue weighted by Crippen LogP contribution is -2.65. The summed E-state index contributed by atoms with van der Waals surface area (Å²) in [5.41, 5.74) is -0.971. The van der Waals surface area contributed by atoms with Crippen LogP contribution in [-0.4, -0.2) is 54.8 Å². The maximum Gasteiger partial charge on any atom is 0.266 e. The summed E-state index contributed by atoms with van der Waals surface area (Å²) in [7, 11) is 0. The van der Waals surface area contributed by atoms with Crippen LogP contribution in [0.1, 0.15) is 26.7 Å². The molecule has 2 aliphatic heterocycles. The molecule has 0 bridgehead atoms. The zero-order valence-electron chi connectivity index (χ0n) is 14.3. The van der Waals surface area contributed by atoms with Gasteiger partial charge in [0.1, 0.15) is 11.6 Å². The molecule has 0 unspecified atom stereocenters. The Balaban J connectivity index is 1.48. The van der Waals surface area contributed by atoms with Crippen molar-refractivity contribution in [3.63, 3.8) is 0 Å². The predicted molar refractivity (Wildman–Crippen MR) is 88.5 cm³/mol. The Morgan fingerprint density at radius 1 is 1.21 bits per heavy atom. The van der Waals surface area contributed by atoms with Gasteiger partial charge >= 0.3 is 0 Å². The Kier molecular flexibility index (Phi) is 5.06. The first kappa shape index (κ1) is 17.2. The lowest BCUT2D eigenvalue weighted by molar-refractivity contribution is -0.150. The molecule has 132 valence electrons. The molecule has 0 atom stereocenters. The molecular weight excluding hydrogens is 311 g/mol. The predicted octanol–water partition coefficient (Wildman–Crippen LogP) is 1.96. The molecule has 5 nitrogen and oxygen atoms in total. The third-order valence-electron chi connectivity index (χ3n) is 4.56. The summed E-state index contributed by atoms with van der Waals surface area (Å²) in [5, 5.41) is 3.59. The fraction of sp³-hybridized carbons (Fsp3) is 0.611. The maximum absolute atomic E-state index is 13.0. The minimum absolute atomic E-state index is 0.0446. The molecule has 0 aliphatic carbocycles. The summed E-state index contributed by atoms with van der Waals surface area (Å²) in [6.45, 7) is 6.52. The van der Waals surface area contributed by atoms with Crippen LogP contribution in [-0.2, 0) is 9.53 Å². The molecule has 1 aromatic carbocycles. The summed E-state index contributed by atoms with van der Waals surface area (Å²) in [6.07, 6.45) is 2.06. The van der Waals surface area contributed by atoms with E-state index in [1.165, 1.54) is 24.3 Å². The van der Waals surface area contributed by atoms with Gasteiger partial charge in [-0.25, -0.2) is 4.39 Å². The van der Waals surface area contributed by atoms with Crippen LogP contribution in [0.2, 0.25) is 0 Å². The number of benzene rings is 1. The number of nitrogens with zero attached hydrogens (tertiary/aromatic N) is 1. The molecule has 0 radical (unpaired) electrons. The van der Waals surface area contributed by atoms with Crippen molar-refractivity contribution in [3.8, 4) is 5.75 Å². The second kappa shape index (κ2) is 7.07. The van der Waals surface area contributed by atoms with E-state index in [1.807, 2.05) is 0 Å². The molecule has 6 heteroatoms. The third-order valence-corrected chi connectivity index (χ3v) is 4.56. The van der Waals surface area contributed by atoms with Gasteiger partial charge in [0.05, 0.1) is 0 Å². The molecule has 2 heterocycles. The van der Waals surface area contributed by atoms with Crippen LogP contribution >= 0.6 is 0 Å². The van der Waals surface area contributed by atoms with Crippen molar-refractivity contribution in [2.24, 2.45) is 0 Å². The van der Waals surface area contributed by atoms with Gasteiger partial charge in [0.15, 0.2) is 5.60 Å². The number of hydrogen-bond donors (Lipinski definition) is 1. The highest BCUT2D eigenvalue weighted by Gasteiger charge is 2.40. The quantitative estimate of drug-likeness (QED) is 0.893. The fourth-order valence-corrected chi connectivity index (χ4v) is 3.17. The van der Waals surface area contributed by atoms with E-state index in [9.17, 15) is 9.18 Å². The molecule has 2 saturated heterocycles. The minimum atomic E-state index is -0.971. The van der Waals surface area contributed by atoms with Crippen molar-refractivity contribution >= 4 is 5.91 Å². The number of rotatable bonds is 5. The highest BCUT2D eigenvalue weighted by atomic mass is 19.1.